The van der Waals surface area contributed by atoms with Crippen molar-refractivity contribution in [3.63, 3.8) is 0 Å². The number of amides is 1. The number of hydrogen-bond donors (Lipinski definition) is 0. The van der Waals surface area contributed by atoms with Gasteiger partial charge in [-0.3, -0.25) is 4.79 Å². The average Bonchev–Trinajstić information content (AvgIpc) is 2.59. The Hall–Kier alpha value is -2.93. The first kappa shape index (κ1) is 16.4. The topological polar surface area (TPSA) is 114 Å². The van der Waals surface area contributed by atoms with Crippen LogP contribution < -0.4 is 9.47 Å². The summed E-state index contributed by atoms with van der Waals surface area (Å²) >= 11 is 0. The summed E-state index contributed by atoms with van der Waals surface area (Å²) in [5.41, 5.74) is 9.20. The summed E-state index contributed by atoms with van der Waals surface area (Å²) in [5.74, 6) is 0.0653. The predicted octanol–water partition coefficient (Wildman–Crippen LogP) is 1.27. The largest absolute Gasteiger partial charge is 0.497 e. The van der Waals surface area contributed by atoms with E-state index in [0.29, 0.717) is 17.1 Å². The standard InChI is InChI=1S/C14H16N4O5/c1-21-9-5-4-8(10(6-9)22-2)7-18-12(14(20)23-3)11(13(18)19)16-17-15/h4-6,11-12H,7H2,1-3H3/t11-,12-/m1/s1. The van der Waals surface area contributed by atoms with Crippen LogP contribution in [0.4, 0.5) is 0 Å². The van der Waals surface area contributed by atoms with E-state index >= 15 is 0 Å². The maximum absolute atomic E-state index is 12.1. The van der Waals surface area contributed by atoms with E-state index in [9.17, 15) is 9.59 Å². The first-order valence-corrected chi connectivity index (χ1v) is 6.70. The smallest absolute Gasteiger partial charge is 0.329 e. The number of ether oxygens (including phenoxy) is 3. The molecule has 9 nitrogen and oxygen atoms in total. The second-order valence-electron chi connectivity index (χ2n) is 4.76. The van der Waals surface area contributed by atoms with Gasteiger partial charge in [-0.25, -0.2) is 4.79 Å². The van der Waals surface area contributed by atoms with Gasteiger partial charge in [0.2, 0.25) is 5.91 Å². The number of likely N-dealkylation sites (tertiary alicyclic amines) is 1. The van der Waals surface area contributed by atoms with Crippen molar-refractivity contribution in [2.75, 3.05) is 21.3 Å². The molecule has 2 rings (SSSR count). The molecule has 0 N–H and O–H groups in total. The van der Waals surface area contributed by atoms with Gasteiger partial charge in [-0.1, -0.05) is 5.11 Å². The highest BCUT2D eigenvalue weighted by atomic mass is 16.5. The molecule has 1 heterocycles. The quantitative estimate of drug-likeness (QED) is 0.257. The van der Waals surface area contributed by atoms with Gasteiger partial charge < -0.3 is 19.1 Å². The van der Waals surface area contributed by atoms with Crippen LogP contribution in [0.25, 0.3) is 10.4 Å². The Kier molecular flexibility index (Phi) is 4.92. The second kappa shape index (κ2) is 6.89. The molecule has 1 amide bonds. The molecule has 1 saturated heterocycles. The molecule has 0 aliphatic carbocycles. The molecule has 0 spiro atoms. The Morgan fingerprint density at radius 2 is 2.09 bits per heavy atom. The van der Waals surface area contributed by atoms with Gasteiger partial charge in [-0.05, 0) is 17.7 Å². The van der Waals surface area contributed by atoms with Crippen molar-refractivity contribution < 1.29 is 23.8 Å². The van der Waals surface area contributed by atoms with Crippen LogP contribution in [0.15, 0.2) is 23.3 Å². The van der Waals surface area contributed by atoms with Gasteiger partial charge >= 0.3 is 5.97 Å². The van der Waals surface area contributed by atoms with Gasteiger partial charge in [0, 0.05) is 16.5 Å². The Labute approximate surface area is 132 Å². The van der Waals surface area contributed by atoms with E-state index in [0.717, 1.165) is 0 Å². The molecule has 9 heteroatoms. The third-order valence-corrected chi connectivity index (χ3v) is 3.62. The highest BCUT2D eigenvalue weighted by Crippen LogP contribution is 2.31. The molecule has 122 valence electrons. The van der Waals surface area contributed by atoms with Crippen LogP contribution >= 0.6 is 0 Å². The molecule has 0 unspecified atom stereocenters. The van der Waals surface area contributed by atoms with E-state index in [4.69, 9.17) is 15.0 Å². The molecule has 1 aliphatic rings. The van der Waals surface area contributed by atoms with Gasteiger partial charge in [0.1, 0.15) is 23.6 Å². The Morgan fingerprint density at radius 3 is 2.65 bits per heavy atom. The van der Waals surface area contributed by atoms with E-state index < -0.39 is 24.0 Å². The normalized spacial score (nSPS) is 19.4. The maximum Gasteiger partial charge on any atom is 0.329 e. The van der Waals surface area contributed by atoms with Crippen molar-refractivity contribution in [2.45, 2.75) is 18.6 Å². The highest BCUT2D eigenvalue weighted by molar-refractivity contribution is 6.00. The Balaban J connectivity index is 2.26. The number of rotatable bonds is 6. The summed E-state index contributed by atoms with van der Waals surface area (Å²) in [4.78, 5) is 27.8. The van der Waals surface area contributed by atoms with E-state index in [2.05, 4.69) is 14.8 Å². The van der Waals surface area contributed by atoms with Crippen molar-refractivity contribution in [2.24, 2.45) is 5.11 Å². The molecule has 2 atom stereocenters. The molecule has 1 aromatic carbocycles. The number of carbonyl (C=O) groups excluding carboxylic acids is 2. The minimum Gasteiger partial charge on any atom is -0.497 e. The predicted molar refractivity (Wildman–Crippen MR) is 78.8 cm³/mol. The minimum atomic E-state index is -1.07. The lowest BCUT2D eigenvalue weighted by Gasteiger charge is -2.43. The van der Waals surface area contributed by atoms with Crippen LogP contribution in [0, 0.1) is 0 Å². The monoisotopic (exact) mass is 320 g/mol. The zero-order valence-corrected chi connectivity index (χ0v) is 12.9. The van der Waals surface area contributed by atoms with Crippen molar-refractivity contribution in [1.29, 1.82) is 0 Å². The fraction of sp³-hybridized carbons (Fsp3) is 0.429. The van der Waals surface area contributed by atoms with E-state index in [-0.39, 0.29) is 6.54 Å². The van der Waals surface area contributed by atoms with Crippen molar-refractivity contribution in [3.05, 3.63) is 34.2 Å². The summed E-state index contributed by atoms with van der Waals surface area (Å²) in [7, 11) is 4.24. The van der Waals surface area contributed by atoms with E-state index in [1.54, 1.807) is 18.2 Å². The molecule has 1 aromatic rings. The summed E-state index contributed by atoms with van der Waals surface area (Å²) in [5, 5.41) is 3.36. The zero-order chi connectivity index (χ0) is 17.0. The maximum atomic E-state index is 12.1. The van der Waals surface area contributed by atoms with Crippen molar-refractivity contribution in [1.82, 2.24) is 4.90 Å². The molecule has 0 aromatic heterocycles. The second-order valence-corrected chi connectivity index (χ2v) is 4.76. The van der Waals surface area contributed by atoms with Crippen LogP contribution in [0.2, 0.25) is 0 Å². The number of hydrogen-bond acceptors (Lipinski definition) is 6. The average molecular weight is 320 g/mol. The molecule has 0 saturated carbocycles. The lowest BCUT2D eigenvalue weighted by molar-refractivity contribution is -0.167. The fourth-order valence-electron chi connectivity index (χ4n) is 2.42. The molecule has 0 radical (unpaired) electrons. The summed E-state index contributed by atoms with van der Waals surface area (Å²) < 4.78 is 15.1. The summed E-state index contributed by atoms with van der Waals surface area (Å²) in [6.07, 6.45) is 0. The minimum absolute atomic E-state index is 0.128. The SMILES string of the molecule is COC(=O)[C@H]1[C@@H](N=[N+]=[N-])C(=O)N1Cc1ccc(OC)cc1OC. The lowest BCUT2D eigenvalue weighted by atomic mass is 9.94. The van der Waals surface area contributed by atoms with Crippen molar-refractivity contribution in [3.8, 4) is 11.5 Å². The number of nitrogens with zero attached hydrogens (tertiary/aromatic N) is 4. The molecular weight excluding hydrogens is 304 g/mol. The van der Waals surface area contributed by atoms with Gasteiger partial charge in [-0.2, -0.15) is 0 Å². The van der Waals surface area contributed by atoms with Gasteiger partial charge in [0.15, 0.2) is 0 Å². The van der Waals surface area contributed by atoms with Crippen LogP contribution in [-0.2, 0) is 20.9 Å². The highest BCUT2D eigenvalue weighted by Gasteiger charge is 2.51. The number of esters is 1. The Morgan fingerprint density at radius 1 is 1.35 bits per heavy atom. The lowest BCUT2D eigenvalue weighted by Crippen LogP contribution is -2.66. The fourth-order valence-corrected chi connectivity index (χ4v) is 2.42. The number of azide groups is 1. The Bertz CT molecular complexity index is 671. The van der Waals surface area contributed by atoms with Crippen LogP contribution in [0.3, 0.4) is 0 Å². The van der Waals surface area contributed by atoms with Gasteiger partial charge in [0.25, 0.3) is 0 Å². The molecular formula is C14H16N4O5. The van der Waals surface area contributed by atoms with Crippen molar-refractivity contribution >= 4 is 11.9 Å². The number of carbonyl (C=O) groups is 2. The molecule has 0 bridgehead atoms. The van der Waals surface area contributed by atoms with E-state index in [1.165, 1.54) is 26.2 Å². The molecule has 23 heavy (non-hydrogen) atoms. The van der Waals surface area contributed by atoms with Crippen LogP contribution in [-0.4, -0.2) is 50.2 Å². The summed E-state index contributed by atoms with van der Waals surface area (Å²) in [6, 6.07) is 3.13. The molecule has 1 fully saturated rings. The third kappa shape index (κ3) is 3.00. The number of benzene rings is 1. The van der Waals surface area contributed by atoms with Gasteiger partial charge in [-0.15, -0.1) is 0 Å². The zero-order valence-electron chi connectivity index (χ0n) is 12.9. The number of methoxy groups -OCH3 is 3. The summed E-state index contributed by atoms with van der Waals surface area (Å²) in [6.45, 7) is 0.128. The van der Waals surface area contributed by atoms with E-state index in [1.807, 2.05) is 0 Å². The number of β-lactam (4-membered cyclic amide) rings is 1. The van der Waals surface area contributed by atoms with Crippen LogP contribution in [0.5, 0.6) is 11.5 Å². The first-order valence-electron chi connectivity index (χ1n) is 6.70. The third-order valence-electron chi connectivity index (χ3n) is 3.62. The first-order chi connectivity index (χ1) is 11.1. The molecule has 1 aliphatic heterocycles. The van der Waals surface area contributed by atoms with Gasteiger partial charge in [0.05, 0.1) is 27.9 Å². The van der Waals surface area contributed by atoms with Crippen LogP contribution in [0.1, 0.15) is 5.56 Å².